The predicted molar refractivity (Wildman–Crippen MR) is 186 cm³/mol. The minimum Gasteiger partial charge on any atom is -0.417 e. The Balaban J connectivity index is 1.37. The predicted octanol–water partition coefficient (Wildman–Crippen LogP) is 7.65. The normalized spacial score (nSPS) is 38.3. The monoisotopic (exact) mass is 700 g/mol. The van der Waals surface area contributed by atoms with Gasteiger partial charge >= 0.3 is 0 Å². The molecule has 4 saturated heterocycles. The van der Waals surface area contributed by atoms with Gasteiger partial charge in [0.25, 0.3) is 0 Å². The van der Waals surface area contributed by atoms with Gasteiger partial charge in [-0.25, -0.2) is 0 Å². The smallest absolute Gasteiger partial charge is 0.191 e. The van der Waals surface area contributed by atoms with Crippen molar-refractivity contribution in [3.05, 3.63) is 0 Å². The van der Waals surface area contributed by atoms with E-state index in [4.69, 9.17) is 42.3 Å². The molecular formula is C37H68O10Si. The van der Waals surface area contributed by atoms with Crippen LogP contribution in [0.25, 0.3) is 0 Å². The van der Waals surface area contributed by atoms with Gasteiger partial charge in [0.2, 0.25) is 0 Å². The Morgan fingerprint density at radius 1 is 0.625 bits per heavy atom. The molecule has 4 rings (SSSR count). The van der Waals surface area contributed by atoms with Crippen LogP contribution in [-0.2, 0) is 47.1 Å². The van der Waals surface area contributed by atoms with E-state index in [0.717, 1.165) is 38.4 Å². The van der Waals surface area contributed by atoms with Crippen molar-refractivity contribution in [2.24, 2.45) is 5.92 Å². The van der Waals surface area contributed by atoms with E-state index in [9.17, 15) is 4.79 Å². The van der Waals surface area contributed by atoms with E-state index in [1.807, 2.05) is 55.4 Å². The molecule has 0 amide bonds. The Bertz CT molecular complexity index is 1070. The summed E-state index contributed by atoms with van der Waals surface area (Å²) in [5, 5.41) is 0.171. The first-order valence-corrected chi connectivity index (χ1v) is 21.3. The van der Waals surface area contributed by atoms with E-state index in [1.165, 1.54) is 0 Å². The highest BCUT2D eigenvalue weighted by Crippen LogP contribution is 2.41. The van der Waals surface area contributed by atoms with Gasteiger partial charge in [-0.1, -0.05) is 27.7 Å². The molecule has 0 saturated carbocycles. The number of hydrogen-bond donors (Lipinski definition) is 0. The molecule has 9 atom stereocenters. The lowest BCUT2D eigenvalue weighted by Gasteiger charge is -2.48. The van der Waals surface area contributed by atoms with Crippen molar-refractivity contribution in [1.29, 1.82) is 0 Å². The molecule has 0 aromatic heterocycles. The lowest BCUT2D eigenvalue weighted by Crippen LogP contribution is -2.54. The van der Waals surface area contributed by atoms with Crippen LogP contribution in [0.3, 0.4) is 0 Å². The third-order valence-corrected chi connectivity index (χ3v) is 15.2. The lowest BCUT2D eigenvalue weighted by atomic mass is 9.87. The summed E-state index contributed by atoms with van der Waals surface area (Å²) in [7, 11) is -1.84. The van der Waals surface area contributed by atoms with Crippen molar-refractivity contribution in [2.45, 2.75) is 218 Å². The maximum absolute atomic E-state index is 11.6. The summed E-state index contributed by atoms with van der Waals surface area (Å²) in [6.45, 7) is 30.0. The van der Waals surface area contributed by atoms with Gasteiger partial charge in [0, 0.05) is 51.0 Å². The summed E-state index contributed by atoms with van der Waals surface area (Å²) in [6, 6.07) is 0. The Kier molecular flexibility index (Phi) is 12.5. The van der Waals surface area contributed by atoms with E-state index in [1.54, 1.807) is 0 Å². The molecule has 0 aliphatic carbocycles. The number of aldehydes is 1. The summed E-state index contributed by atoms with van der Waals surface area (Å²) in [6.07, 6.45) is 5.02. The van der Waals surface area contributed by atoms with Crippen LogP contribution in [0, 0.1) is 5.92 Å². The number of hydrogen-bond acceptors (Lipinski definition) is 10. The van der Waals surface area contributed by atoms with Crippen LogP contribution in [0.1, 0.15) is 128 Å². The van der Waals surface area contributed by atoms with Gasteiger partial charge in [0.1, 0.15) is 12.4 Å². The van der Waals surface area contributed by atoms with Crippen molar-refractivity contribution in [1.82, 2.24) is 0 Å². The van der Waals surface area contributed by atoms with Crippen molar-refractivity contribution in [3.8, 4) is 0 Å². The summed E-state index contributed by atoms with van der Waals surface area (Å²) < 4.78 is 57.3. The Hall–Kier alpha value is -0.473. The quantitative estimate of drug-likeness (QED) is 0.158. The zero-order valence-electron chi connectivity index (χ0n) is 32.5. The molecule has 0 aromatic rings. The Labute approximate surface area is 292 Å². The van der Waals surface area contributed by atoms with Crippen LogP contribution in [0.2, 0.25) is 18.1 Å². The molecule has 0 bridgehead atoms. The van der Waals surface area contributed by atoms with Crippen LogP contribution in [-0.4, -0.2) is 93.2 Å². The lowest BCUT2D eigenvalue weighted by molar-refractivity contribution is -0.344. The van der Waals surface area contributed by atoms with Gasteiger partial charge in [-0.15, -0.1) is 0 Å². The van der Waals surface area contributed by atoms with Gasteiger partial charge in [-0.2, -0.15) is 0 Å². The fraction of sp³-hybridized carbons (Fsp3) is 0.973. The van der Waals surface area contributed by atoms with Crippen LogP contribution in [0.15, 0.2) is 0 Å². The van der Waals surface area contributed by atoms with Gasteiger partial charge in [0.15, 0.2) is 31.5 Å². The molecule has 4 fully saturated rings. The fourth-order valence-electron chi connectivity index (χ4n) is 7.68. The van der Waals surface area contributed by atoms with Crippen molar-refractivity contribution in [3.63, 3.8) is 0 Å². The zero-order chi connectivity index (χ0) is 35.9. The zero-order valence-corrected chi connectivity index (χ0v) is 33.5. The minimum atomic E-state index is -1.84. The van der Waals surface area contributed by atoms with E-state index in [-0.39, 0.29) is 53.7 Å². The van der Waals surface area contributed by atoms with E-state index < -0.39 is 37.6 Å². The Morgan fingerprint density at radius 3 is 1.48 bits per heavy atom. The van der Waals surface area contributed by atoms with Crippen LogP contribution in [0.5, 0.6) is 0 Å². The average Bonchev–Trinajstić information content (AvgIpc) is 2.87. The summed E-state index contributed by atoms with van der Waals surface area (Å²) in [5.41, 5.74) is 0. The Morgan fingerprint density at radius 2 is 1.02 bits per heavy atom. The first kappa shape index (κ1) is 40.3. The molecule has 0 unspecified atom stereocenters. The maximum Gasteiger partial charge on any atom is 0.191 e. The number of ether oxygens (including phenoxy) is 8. The number of carbonyl (C=O) groups is 1. The van der Waals surface area contributed by atoms with Crippen LogP contribution in [0.4, 0.5) is 0 Å². The minimum absolute atomic E-state index is 0.0206. The molecule has 0 radical (unpaired) electrons. The van der Waals surface area contributed by atoms with E-state index in [0.29, 0.717) is 19.4 Å². The second-order valence-corrected chi connectivity index (χ2v) is 22.9. The number of carbonyl (C=O) groups excluding carboxylic acids is 1. The first-order valence-electron chi connectivity index (χ1n) is 18.4. The average molecular weight is 701 g/mol. The van der Waals surface area contributed by atoms with Gasteiger partial charge < -0.3 is 47.1 Å². The SMILES string of the molecule is C[C@H]1[C@H](CCO[Si](C)(C)C(C)(C)C)OC(C)(C)O[C@@H]1C[C@H]1C[C@@H](C[C@@H]2C[C@@H](C[C@@H]3C[C@H](C=O)OC(C)(C)O3)OC(C)(C)O2)OC(C)(C)O1. The number of rotatable bonds is 11. The topological polar surface area (TPSA) is 100 Å². The molecule has 11 heteroatoms. The molecule has 4 heterocycles. The van der Waals surface area contributed by atoms with Crippen LogP contribution < -0.4 is 0 Å². The standard InChI is InChI=1S/C37H68O10Si/c1-24-31(15-16-39-48(13,14)33(2,3)4)46-37(11,12)47-32(24)22-29-20-27(42-35(7,8)44-29)18-25-17-26(41-34(5,6)40-25)19-28-21-30(23-38)45-36(9,10)43-28/h23-32H,15-22H2,1-14H3/t24-,25-,26-,27+,28+,29+,30+,31-,32+/m0/s1. The highest BCUT2D eigenvalue weighted by Gasteiger charge is 2.47. The molecule has 0 N–H and O–H groups in total. The highest BCUT2D eigenvalue weighted by atomic mass is 28.4. The van der Waals surface area contributed by atoms with Crippen molar-refractivity contribution >= 4 is 14.6 Å². The molecule has 280 valence electrons. The van der Waals surface area contributed by atoms with Crippen molar-refractivity contribution < 1.29 is 47.1 Å². The molecule has 10 nitrogen and oxygen atoms in total. The third-order valence-electron chi connectivity index (χ3n) is 10.6. The second-order valence-electron chi connectivity index (χ2n) is 18.1. The summed E-state index contributed by atoms with van der Waals surface area (Å²) in [5.74, 6) is -2.81. The van der Waals surface area contributed by atoms with Gasteiger partial charge in [0.05, 0.1) is 42.7 Å². The third kappa shape index (κ3) is 11.3. The molecule has 4 aliphatic heterocycles. The summed E-state index contributed by atoms with van der Waals surface area (Å²) in [4.78, 5) is 11.6. The van der Waals surface area contributed by atoms with Gasteiger partial charge in [-0.3, -0.25) is 0 Å². The fourth-order valence-corrected chi connectivity index (χ4v) is 8.74. The van der Waals surface area contributed by atoms with Crippen molar-refractivity contribution in [2.75, 3.05) is 6.61 Å². The van der Waals surface area contributed by atoms with E-state index in [2.05, 4.69) is 40.8 Å². The molecule has 0 aromatic carbocycles. The highest BCUT2D eigenvalue weighted by molar-refractivity contribution is 6.74. The van der Waals surface area contributed by atoms with Gasteiger partial charge in [-0.05, 0) is 79.9 Å². The molecular weight excluding hydrogens is 632 g/mol. The van der Waals surface area contributed by atoms with E-state index >= 15 is 0 Å². The first-order chi connectivity index (χ1) is 21.9. The molecule has 48 heavy (non-hydrogen) atoms. The molecule has 0 spiro atoms. The maximum atomic E-state index is 11.6. The van der Waals surface area contributed by atoms with Crippen LogP contribution >= 0.6 is 0 Å². The summed E-state index contributed by atoms with van der Waals surface area (Å²) >= 11 is 0. The largest absolute Gasteiger partial charge is 0.417 e. The second kappa shape index (κ2) is 14.9. The molecule has 4 aliphatic rings.